The second-order valence-electron chi connectivity index (χ2n) is 2.51. The molecule has 2 N–H and O–H groups in total. The second kappa shape index (κ2) is 11.2. The number of hydrogen-bond donors (Lipinski definition) is 2. The standard InChI is InChI=1S/C9H18NO5/c1-2-13-7-8-15-9(12)10-3-5-14-6-4-11/h11H,1-8H2,(H,10,12). The summed E-state index contributed by atoms with van der Waals surface area (Å²) >= 11 is 0. The predicted octanol–water partition coefficient (Wildman–Crippen LogP) is -0.428. The molecule has 6 nitrogen and oxygen atoms in total. The van der Waals surface area contributed by atoms with Crippen LogP contribution in [0.15, 0.2) is 0 Å². The van der Waals surface area contributed by atoms with Gasteiger partial charge in [-0.05, 0) is 6.92 Å². The SMILES string of the molecule is [CH2]COCCOC(=O)NCCOCCO. The van der Waals surface area contributed by atoms with E-state index in [1.807, 2.05) is 0 Å². The van der Waals surface area contributed by atoms with E-state index in [0.717, 1.165) is 0 Å². The third-order valence-corrected chi connectivity index (χ3v) is 1.36. The van der Waals surface area contributed by atoms with E-state index in [1.54, 1.807) is 0 Å². The summed E-state index contributed by atoms with van der Waals surface area (Å²) < 4.78 is 14.5. The summed E-state index contributed by atoms with van der Waals surface area (Å²) in [5.74, 6) is 0. The average Bonchev–Trinajstić information content (AvgIpc) is 2.24. The van der Waals surface area contributed by atoms with Crippen LogP contribution in [-0.2, 0) is 14.2 Å². The maximum Gasteiger partial charge on any atom is 0.407 e. The first-order chi connectivity index (χ1) is 7.31. The maximum atomic E-state index is 10.9. The van der Waals surface area contributed by atoms with Crippen molar-refractivity contribution in [2.24, 2.45) is 0 Å². The van der Waals surface area contributed by atoms with E-state index >= 15 is 0 Å². The van der Waals surface area contributed by atoms with Gasteiger partial charge in [-0.1, -0.05) is 0 Å². The van der Waals surface area contributed by atoms with E-state index in [-0.39, 0.29) is 19.8 Å². The Hall–Kier alpha value is -0.850. The molecule has 6 heteroatoms. The molecule has 89 valence electrons. The summed E-state index contributed by atoms with van der Waals surface area (Å²) in [6, 6.07) is 0. The van der Waals surface area contributed by atoms with Gasteiger partial charge in [0.15, 0.2) is 0 Å². The van der Waals surface area contributed by atoms with Crippen molar-refractivity contribution in [1.82, 2.24) is 5.32 Å². The van der Waals surface area contributed by atoms with Crippen molar-refractivity contribution in [3.05, 3.63) is 6.92 Å². The van der Waals surface area contributed by atoms with Gasteiger partial charge in [0.2, 0.25) is 0 Å². The minimum atomic E-state index is -0.504. The zero-order chi connectivity index (χ0) is 11.4. The van der Waals surface area contributed by atoms with E-state index in [4.69, 9.17) is 19.3 Å². The summed E-state index contributed by atoms with van der Waals surface area (Å²) in [6.45, 7) is 5.34. The molecular formula is C9H18NO5. The number of alkyl carbamates (subject to hydrolysis) is 1. The van der Waals surface area contributed by atoms with Gasteiger partial charge >= 0.3 is 6.09 Å². The number of ether oxygens (including phenoxy) is 3. The Morgan fingerprint density at radius 3 is 2.67 bits per heavy atom. The van der Waals surface area contributed by atoms with Crippen LogP contribution < -0.4 is 5.32 Å². The molecule has 1 amide bonds. The van der Waals surface area contributed by atoms with Gasteiger partial charge in [-0.3, -0.25) is 0 Å². The highest BCUT2D eigenvalue weighted by Crippen LogP contribution is 1.80. The fourth-order valence-corrected chi connectivity index (χ4v) is 0.738. The van der Waals surface area contributed by atoms with Crippen LogP contribution in [0.25, 0.3) is 0 Å². The zero-order valence-electron chi connectivity index (χ0n) is 8.74. The maximum absolute atomic E-state index is 10.9. The number of aliphatic hydroxyl groups is 1. The smallest absolute Gasteiger partial charge is 0.407 e. The first-order valence-electron chi connectivity index (χ1n) is 4.77. The van der Waals surface area contributed by atoms with E-state index in [1.165, 1.54) is 0 Å². The van der Waals surface area contributed by atoms with Crippen LogP contribution >= 0.6 is 0 Å². The van der Waals surface area contributed by atoms with Gasteiger partial charge in [0, 0.05) is 13.2 Å². The molecule has 0 atom stereocenters. The van der Waals surface area contributed by atoms with Crippen molar-refractivity contribution < 1.29 is 24.1 Å². The number of amides is 1. The van der Waals surface area contributed by atoms with Crippen LogP contribution in [0.4, 0.5) is 4.79 Å². The van der Waals surface area contributed by atoms with Crippen molar-refractivity contribution in [2.45, 2.75) is 0 Å². The summed E-state index contributed by atoms with van der Waals surface area (Å²) in [7, 11) is 0. The average molecular weight is 220 g/mol. The van der Waals surface area contributed by atoms with E-state index in [0.29, 0.717) is 26.4 Å². The van der Waals surface area contributed by atoms with Gasteiger partial charge < -0.3 is 24.6 Å². The topological polar surface area (TPSA) is 77.0 Å². The first kappa shape index (κ1) is 14.2. The summed E-state index contributed by atoms with van der Waals surface area (Å²) in [4.78, 5) is 10.9. The first-order valence-corrected chi connectivity index (χ1v) is 4.77. The Kier molecular flexibility index (Phi) is 10.6. The molecule has 0 spiro atoms. The van der Waals surface area contributed by atoms with Gasteiger partial charge in [-0.25, -0.2) is 4.79 Å². The van der Waals surface area contributed by atoms with Gasteiger partial charge in [-0.15, -0.1) is 0 Å². The number of nitrogens with one attached hydrogen (secondary N) is 1. The van der Waals surface area contributed by atoms with Crippen molar-refractivity contribution in [1.29, 1.82) is 0 Å². The minimum Gasteiger partial charge on any atom is -0.447 e. The van der Waals surface area contributed by atoms with Crippen molar-refractivity contribution in [3.63, 3.8) is 0 Å². The molecule has 0 aliphatic carbocycles. The third kappa shape index (κ3) is 11.1. The van der Waals surface area contributed by atoms with Crippen molar-refractivity contribution in [2.75, 3.05) is 46.2 Å². The normalized spacial score (nSPS) is 10.0. The van der Waals surface area contributed by atoms with E-state index in [9.17, 15) is 4.79 Å². The third-order valence-electron chi connectivity index (χ3n) is 1.36. The van der Waals surface area contributed by atoms with Crippen LogP contribution in [0, 0.1) is 6.92 Å². The van der Waals surface area contributed by atoms with Crippen LogP contribution in [0.1, 0.15) is 0 Å². The molecule has 0 aromatic heterocycles. The van der Waals surface area contributed by atoms with Crippen molar-refractivity contribution >= 4 is 6.09 Å². The molecule has 0 aromatic rings. The second-order valence-corrected chi connectivity index (χ2v) is 2.51. The Bertz CT molecular complexity index is 153. The van der Waals surface area contributed by atoms with E-state index in [2.05, 4.69) is 12.2 Å². The lowest BCUT2D eigenvalue weighted by atomic mass is 10.6. The number of hydrogen-bond acceptors (Lipinski definition) is 5. The van der Waals surface area contributed by atoms with Crippen LogP contribution in [0.3, 0.4) is 0 Å². The number of aliphatic hydroxyl groups excluding tert-OH is 1. The van der Waals surface area contributed by atoms with Gasteiger partial charge in [-0.2, -0.15) is 0 Å². The monoisotopic (exact) mass is 220 g/mol. The molecule has 0 heterocycles. The summed E-state index contributed by atoms with van der Waals surface area (Å²) in [6.07, 6.45) is -0.504. The molecule has 0 unspecified atom stereocenters. The fourth-order valence-electron chi connectivity index (χ4n) is 0.738. The number of rotatable bonds is 9. The van der Waals surface area contributed by atoms with Crippen LogP contribution in [0.5, 0.6) is 0 Å². The molecule has 0 saturated carbocycles. The minimum absolute atomic E-state index is 0.0210. The predicted molar refractivity (Wildman–Crippen MR) is 53.4 cm³/mol. The molecule has 0 saturated heterocycles. The highest BCUT2D eigenvalue weighted by atomic mass is 16.6. The number of carbonyl (C=O) groups excluding carboxylic acids is 1. The van der Waals surface area contributed by atoms with Gasteiger partial charge in [0.1, 0.15) is 6.61 Å². The quantitative estimate of drug-likeness (QED) is 0.516. The molecule has 0 aliphatic rings. The lowest BCUT2D eigenvalue weighted by Crippen LogP contribution is -2.29. The molecule has 0 bridgehead atoms. The zero-order valence-corrected chi connectivity index (χ0v) is 8.74. The largest absolute Gasteiger partial charge is 0.447 e. The van der Waals surface area contributed by atoms with Gasteiger partial charge in [0.25, 0.3) is 0 Å². The Labute approximate surface area is 89.5 Å². The molecular weight excluding hydrogens is 202 g/mol. The lowest BCUT2D eigenvalue weighted by molar-refractivity contribution is 0.0769. The van der Waals surface area contributed by atoms with Crippen LogP contribution in [-0.4, -0.2) is 57.4 Å². The summed E-state index contributed by atoms with van der Waals surface area (Å²) in [5, 5.41) is 10.9. The lowest BCUT2D eigenvalue weighted by Gasteiger charge is -2.06. The van der Waals surface area contributed by atoms with Crippen LogP contribution in [0.2, 0.25) is 0 Å². The molecule has 0 fully saturated rings. The Morgan fingerprint density at radius 2 is 2.00 bits per heavy atom. The summed E-state index contributed by atoms with van der Waals surface area (Å²) in [5.41, 5.74) is 0. The Morgan fingerprint density at radius 1 is 1.20 bits per heavy atom. The highest BCUT2D eigenvalue weighted by molar-refractivity contribution is 5.66. The number of carbonyl (C=O) groups is 1. The molecule has 15 heavy (non-hydrogen) atoms. The molecule has 0 aliphatic heterocycles. The van der Waals surface area contributed by atoms with E-state index < -0.39 is 6.09 Å². The molecule has 0 aromatic carbocycles. The van der Waals surface area contributed by atoms with Crippen molar-refractivity contribution in [3.8, 4) is 0 Å². The molecule has 1 radical (unpaired) electrons. The highest BCUT2D eigenvalue weighted by Gasteiger charge is 1.99. The fraction of sp³-hybridized carbons (Fsp3) is 0.778. The van der Waals surface area contributed by atoms with Gasteiger partial charge in [0.05, 0.1) is 26.4 Å². The molecule has 0 rings (SSSR count). The Balaban J connectivity index is 3.11.